The summed E-state index contributed by atoms with van der Waals surface area (Å²) in [5, 5.41) is 0. The van der Waals surface area contributed by atoms with Crippen molar-refractivity contribution >= 4 is 0 Å². The number of halogens is 1. The van der Waals surface area contributed by atoms with Gasteiger partial charge in [0.2, 0.25) is 0 Å². The fraction of sp³-hybridized carbons (Fsp3) is 0.143. The number of hydrogen-bond donors (Lipinski definition) is 1. The van der Waals surface area contributed by atoms with Crippen LogP contribution in [0, 0.1) is 5.82 Å². The Morgan fingerprint density at radius 2 is 1.81 bits per heavy atom. The van der Waals surface area contributed by atoms with Crippen LogP contribution >= 0.6 is 0 Å². The summed E-state index contributed by atoms with van der Waals surface area (Å²) in [6.45, 7) is 1.92. The van der Waals surface area contributed by atoms with Crippen molar-refractivity contribution in [3.63, 3.8) is 0 Å². The Kier molecular flexibility index (Phi) is 3.02. The molecule has 0 amide bonds. The van der Waals surface area contributed by atoms with Gasteiger partial charge in [-0.25, -0.2) is 4.39 Å². The predicted octanol–water partition coefficient (Wildman–Crippen LogP) is 3.51. The Labute approximate surface area is 94.7 Å². The van der Waals surface area contributed by atoms with E-state index >= 15 is 0 Å². The van der Waals surface area contributed by atoms with E-state index < -0.39 is 0 Å². The zero-order valence-electron chi connectivity index (χ0n) is 9.15. The van der Waals surface area contributed by atoms with E-state index in [4.69, 9.17) is 5.73 Å². The molecular formula is C14H14FN. The number of nitrogens with two attached hydrogens (primary N) is 1. The van der Waals surface area contributed by atoms with Gasteiger partial charge >= 0.3 is 0 Å². The highest BCUT2D eigenvalue weighted by Gasteiger charge is 2.05. The maximum Gasteiger partial charge on any atom is 0.131 e. The largest absolute Gasteiger partial charge is 0.324 e. The van der Waals surface area contributed by atoms with Crippen LogP contribution in [0.4, 0.5) is 4.39 Å². The van der Waals surface area contributed by atoms with Crippen LogP contribution in [0.5, 0.6) is 0 Å². The second-order valence-electron chi connectivity index (χ2n) is 3.89. The third-order valence-electron chi connectivity index (χ3n) is 2.60. The van der Waals surface area contributed by atoms with Crippen molar-refractivity contribution in [2.24, 2.45) is 5.73 Å². The molecule has 0 aliphatic carbocycles. The molecule has 0 spiro atoms. The van der Waals surface area contributed by atoms with Gasteiger partial charge in [-0.15, -0.1) is 0 Å². The molecule has 1 atom stereocenters. The van der Waals surface area contributed by atoms with Gasteiger partial charge in [0.1, 0.15) is 5.82 Å². The Morgan fingerprint density at radius 1 is 1.06 bits per heavy atom. The zero-order chi connectivity index (χ0) is 11.5. The fourth-order valence-corrected chi connectivity index (χ4v) is 1.68. The van der Waals surface area contributed by atoms with E-state index in [1.165, 1.54) is 6.07 Å². The van der Waals surface area contributed by atoms with Crippen molar-refractivity contribution in [2.75, 3.05) is 0 Å². The summed E-state index contributed by atoms with van der Waals surface area (Å²) >= 11 is 0. The smallest absolute Gasteiger partial charge is 0.131 e. The minimum absolute atomic E-state index is 0.0354. The standard InChI is InChI=1S/C14H14FN/c1-10(16)11-5-4-6-12(9-11)13-7-2-3-8-14(13)15/h2-10H,16H2,1H3/t10-/m1/s1. The molecular weight excluding hydrogens is 201 g/mol. The maximum atomic E-state index is 13.6. The monoisotopic (exact) mass is 215 g/mol. The van der Waals surface area contributed by atoms with Crippen LogP contribution < -0.4 is 5.73 Å². The first kappa shape index (κ1) is 10.8. The summed E-state index contributed by atoms with van der Waals surface area (Å²) in [4.78, 5) is 0. The second kappa shape index (κ2) is 4.45. The minimum Gasteiger partial charge on any atom is -0.324 e. The Hall–Kier alpha value is -1.67. The van der Waals surface area contributed by atoms with Crippen molar-refractivity contribution in [3.8, 4) is 11.1 Å². The van der Waals surface area contributed by atoms with Crippen LogP contribution in [-0.4, -0.2) is 0 Å². The molecule has 0 saturated heterocycles. The molecule has 2 N–H and O–H groups in total. The van der Waals surface area contributed by atoms with E-state index in [-0.39, 0.29) is 11.9 Å². The molecule has 0 saturated carbocycles. The molecule has 2 aromatic carbocycles. The van der Waals surface area contributed by atoms with Crippen LogP contribution in [0.1, 0.15) is 18.5 Å². The SMILES string of the molecule is C[C@@H](N)c1cccc(-c2ccccc2F)c1. The summed E-state index contributed by atoms with van der Waals surface area (Å²) in [5.41, 5.74) is 8.30. The van der Waals surface area contributed by atoms with Crippen molar-refractivity contribution < 1.29 is 4.39 Å². The molecule has 0 aliphatic rings. The minimum atomic E-state index is -0.204. The molecule has 0 heterocycles. The molecule has 2 rings (SSSR count). The first-order chi connectivity index (χ1) is 7.68. The first-order valence-electron chi connectivity index (χ1n) is 5.29. The lowest BCUT2D eigenvalue weighted by Crippen LogP contribution is -2.04. The predicted molar refractivity (Wildman–Crippen MR) is 64.4 cm³/mol. The normalized spacial score (nSPS) is 12.4. The molecule has 1 nitrogen and oxygen atoms in total. The lowest BCUT2D eigenvalue weighted by atomic mass is 10.0. The number of hydrogen-bond acceptors (Lipinski definition) is 1. The van der Waals surface area contributed by atoms with E-state index in [1.807, 2.05) is 37.3 Å². The zero-order valence-corrected chi connectivity index (χ0v) is 9.15. The summed E-state index contributed by atoms with van der Waals surface area (Å²) < 4.78 is 13.6. The lowest BCUT2D eigenvalue weighted by Gasteiger charge is -2.08. The van der Waals surface area contributed by atoms with Crippen LogP contribution in [0.15, 0.2) is 48.5 Å². The Balaban J connectivity index is 2.49. The van der Waals surface area contributed by atoms with E-state index in [0.717, 1.165) is 11.1 Å². The first-order valence-corrected chi connectivity index (χ1v) is 5.29. The molecule has 0 aliphatic heterocycles. The molecule has 0 radical (unpaired) electrons. The average molecular weight is 215 g/mol. The highest BCUT2D eigenvalue weighted by molar-refractivity contribution is 5.64. The lowest BCUT2D eigenvalue weighted by molar-refractivity contribution is 0.631. The van der Waals surface area contributed by atoms with Crippen molar-refractivity contribution in [1.82, 2.24) is 0 Å². The average Bonchev–Trinajstić information content (AvgIpc) is 2.30. The van der Waals surface area contributed by atoms with Gasteiger partial charge in [-0.2, -0.15) is 0 Å². The van der Waals surface area contributed by atoms with Crippen LogP contribution in [0.2, 0.25) is 0 Å². The molecule has 0 aromatic heterocycles. The summed E-state index contributed by atoms with van der Waals surface area (Å²) in [7, 11) is 0. The highest BCUT2D eigenvalue weighted by Crippen LogP contribution is 2.24. The Bertz CT molecular complexity index is 492. The molecule has 2 aromatic rings. The van der Waals surface area contributed by atoms with E-state index in [0.29, 0.717) is 5.56 Å². The maximum absolute atomic E-state index is 13.6. The van der Waals surface area contributed by atoms with Crippen LogP contribution in [0.25, 0.3) is 11.1 Å². The van der Waals surface area contributed by atoms with Gasteiger partial charge in [-0.05, 0) is 30.2 Å². The highest BCUT2D eigenvalue weighted by atomic mass is 19.1. The van der Waals surface area contributed by atoms with Crippen molar-refractivity contribution in [1.29, 1.82) is 0 Å². The summed E-state index contributed by atoms with van der Waals surface area (Å²) in [5.74, 6) is -0.204. The Morgan fingerprint density at radius 3 is 2.50 bits per heavy atom. The molecule has 82 valence electrons. The summed E-state index contributed by atoms with van der Waals surface area (Å²) in [6.07, 6.45) is 0. The van der Waals surface area contributed by atoms with E-state index in [9.17, 15) is 4.39 Å². The third-order valence-corrected chi connectivity index (χ3v) is 2.60. The molecule has 2 heteroatoms. The van der Waals surface area contributed by atoms with Gasteiger partial charge in [0.25, 0.3) is 0 Å². The van der Waals surface area contributed by atoms with Gasteiger partial charge in [-0.3, -0.25) is 0 Å². The number of benzene rings is 2. The molecule has 0 bridgehead atoms. The summed E-state index contributed by atoms with van der Waals surface area (Å²) in [6, 6.07) is 14.4. The van der Waals surface area contributed by atoms with Gasteiger partial charge < -0.3 is 5.73 Å². The quantitative estimate of drug-likeness (QED) is 0.815. The molecule has 0 fully saturated rings. The van der Waals surface area contributed by atoms with Gasteiger partial charge in [0.05, 0.1) is 0 Å². The van der Waals surface area contributed by atoms with E-state index in [2.05, 4.69) is 0 Å². The molecule has 16 heavy (non-hydrogen) atoms. The van der Waals surface area contributed by atoms with Gasteiger partial charge in [0.15, 0.2) is 0 Å². The topological polar surface area (TPSA) is 26.0 Å². The van der Waals surface area contributed by atoms with Crippen molar-refractivity contribution in [3.05, 3.63) is 59.9 Å². The number of rotatable bonds is 2. The van der Waals surface area contributed by atoms with Crippen molar-refractivity contribution in [2.45, 2.75) is 13.0 Å². The van der Waals surface area contributed by atoms with E-state index in [1.54, 1.807) is 12.1 Å². The van der Waals surface area contributed by atoms with Gasteiger partial charge in [0, 0.05) is 11.6 Å². The fourth-order valence-electron chi connectivity index (χ4n) is 1.68. The van der Waals surface area contributed by atoms with Gasteiger partial charge in [-0.1, -0.05) is 36.4 Å². The molecule has 0 unspecified atom stereocenters. The second-order valence-corrected chi connectivity index (χ2v) is 3.89. The third kappa shape index (κ3) is 2.12. The van der Waals surface area contributed by atoms with Crippen LogP contribution in [-0.2, 0) is 0 Å². The van der Waals surface area contributed by atoms with Crippen LogP contribution in [0.3, 0.4) is 0 Å².